The number of carbonyl (C=O) groups is 3. The molecule has 398 valence electrons. The average molecular weight is 948 g/mol. The fourth-order valence-electron chi connectivity index (χ4n) is 9.35. The van der Waals surface area contributed by atoms with Crippen molar-refractivity contribution in [3.05, 3.63) is 0 Å². The van der Waals surface area contributed by atoms with Crippen molar-refractivity contribution in [2.75, 3.05) is 13.2 Å². The van der Waals surface area contributed by atoms with Crippen LogP contribution in [0, 0.1) is 17.8 Å². The molecule has 0 unspecified atom stereocenters. The van der Waals surface area contributed by atoms with E-state index in [0.717, 1.165) is 75.5 Å². The molecule has 0 heterocycles. The zero-order valence-corrected chi connectivity index (χ0v) is 46.2. The summed E-state index contributed by atoms with van der Waals surface area (Å²) < 4.78 is 16.9. The first kappa shape index (κ1) is 65.4. The fourth-order valence-corrected chi connectivity index (χ4v) is 9.35. The van der Waals surface area contributed by atoms with Crippen LogP contribution in [0.15, 0.2) is 0 Å². The van der Waals surface area contributed by atoms with E-state index in [1.54, 1.807) is 0 Å². The molecule has 0 fully saturated rings. The average Bonchev–Trinajstić information content (AvgIpc) is 3.29. The molecular weight excluding hydrogens is 829 g/mol. The zero-order chi connectivity index (χ0) is 49.1. The van der Waals surface area contributed by atoms with Crippen LogP contribution in [-0.2, 0) is 28.6 Å². The van der Waals surface area contributed by atoms with Crippen LogP contribution in [0.2, 0.25) is 0 Å². The summed E-state index contributed by atoms with van der Waals surface area (Å²) in [5.74, 6) is 1.68. The van der Waals surface area contributed by atoms with Gasteiger partial charge < -0.3 is 14.2 Å². The lowest BCUT2D eigenvalue weighted by molar-refractivity contribution is -0.167. The number of carbonyl (C=O) groups excluding carboxylic acids is 3. The van der Waals surface area contributed by atoms with Crippen LogP contribution in [0.3, 0.4) is 0 Å². The summed E-state index contributed by atoms with van der Waals surface area (Å²) in [5, 5.41) is 0. The summed E-state index contributed by atoms with van der Waals surface area (Å²) in [5.41, 5.74) is 0. The Morgan fingerprint density at radius 1 is 0.254 bits per heavy atom. The highest BCUT2D eigenvalue weighted by Gasteiger charge is 2.19. The molecule has 0 bridgehead atoms. The van der Waals surface area contributed by atoms with Gasteiger partial charge in [0.15, 0.2) is 6.10 Å². The molecule has 0 saturated heterocycles. The standard InChI is InChI=1S/C61H118O6/c1-55(2)47-41-35-29-23-17-11-8-7-9-13-20-26-32-38-44-50-59(62)65-53-58(67-61(64)52-46-40-34-28-22-16-15-19-25-31-37-43-49-57(5)6)54-66-60(63)51-45-39-33-27-21-14-10-12-18-24-30-36-42-48-56(3)4/h55-58H,7-54H2,1-6H3/t58-/m0/s1. The number of hydrogen-bond acceptors (Lipinski definition) is 6. The lowest BCUT2D eigenvalue weighted by Gasteiger charge is -2.18. The maximum Gasteiger partial charge on any atom is 0.306 e. The summed E-state index contributed by atoms with van der Waals surface area (Å²) in [6, 6.07) is 0. The molecule has 0 aromatic carbocycles. The first-order valence-electron chi connectivity index (χ1n) is 30.1. The Hall–Kier alpha value is -1.59. The van der Waals surface area contributed by atoms with E-state index < -0.39 is 6.10 Å². The minimum absolute atomic E-state index is 0.0631. The van der Waals surface area contributed by atoms with Crippen molar-refractivity contribution >= 4 is 17.9 Å². The van der Waals surface area contributed by atoms with Crippen LogP contribution in [-0.4, -0.2) is 37.2 Å². The Kier molecular flexibility index (Phi) is 51.0. The Morgan fingerprint density at radius 2 is 0.433 bits per heavy atom. The molecule has 6 heteroatoms. The molecule has 6 nitrogen and oxygen atoms in total. The van der Waals surface area contributed by atoms with E-state index in [0.29, 0.717) is 19.3 Å². The predicted octanol–water partition coefficient (Wildman–Crippen LogP) is 19.9. The second kappa shape index (κ2) is 52.2. The molecule has 0 radical (unpaired) electrons. The summed E-state index contributed by atoms with van der Waals surface area (Å²) in [7, 11) is 0. The van der Waals surface area contributed by atoms with Crippen LogP contribution in [0.5, 0.6) is 0 Å². The fraction of sp³-hybridized carbons (Fsp3) is 0.951. The molecule has 0 amide bonds. The van der Waals surface area contributed by atoms with Gasteiger partial charge in [0.25, 0.3) is 0 Å². The summed E-state index contributed by atoms with van der Waals surface area (Å²) >= 11 is 0. The third kappa shape index (κ3) is 55.2. The molecule has 0 saturated carbocycles. The Morgan fingerprint density at radius 3 is 0.642 bits per heavy atom. The molecule has 0 N–H and O–H groups in total. The Balaban J connectivity index is 4.29. The van der Waals surface area contributed by atoms with E-state index in [1.165, 1.54) is 218 Å². The van der Waals surface area contributed by atoms with Crippen LogP contribution in [0.1, 0.15) is 337 Å². The number of esters is 3. The van der Waals surface area contributed by atoms with Gasteiger partial charge in [-0.25, -0.2) is 0 Å². The van der Waals surface area contributed by atoms with Gasteiger partial charge in [-0.3, -0.25) is 14.4 Å². The quantitative estimate of drug-likeness (QED) is 0.0343. The second-order valence-corrected chi connectivity index (χ2v) is 22.4. The van der Waals surface area contributed by atoms with E-state index in [9.17, 15) is 14.4 Å². The smallest absolute Gasteiger partial charge is 0.306 e. The third-order valence-electron chi connectivity index (χ3n) is 13.9. The monoisotopic (exact) mass is 947 g/mol. The normalized spacial score (nSPS) is 12.1. The largest absolute Gasteiger partial charge is 0.462 e. The van der Waals surface area contributed by atoms with Crippen LogP contribution in [0.25, 0.3) is 0 Å². The number of hydrogen-bond donors (Lipinski definition) is 0. The summed E-state index contributed by atoms with van der Waals surface area (Å²) in [4.78, 5) is 38.2. The van der Waals surface area contributed by atoms with Crippen molar-refractivity contribution in [2.45, 2.75) is 343 Å². The summed E-state index contributed by atoms with van der Waals surface area (Å²) in [6.45, 7) is 13.8. The van der Waals surface area contributed by atoms with Crippen molar-refractivity contribution in [3.8, 4) is 0 Å². The lowest BCUT2D eigenvalue weighted by atomic mass is 10.0. The van der Waals surface area contributed by atoms with Crippen molar-refractivity contribution in [1.82, 2.24) is 0 Å². The SMILES string of the molecule is CC(C)CCCCCCCCCCCCCCCCCC(=O)OC[C@@H](COC(=O)CCCCCCCCCCCCCCCC(C)C)OC(=O)CCCCCCCCCCCCCCC(C)C. The molecule has 0 aliphatic rings. The van der Waals surface area contributed by atoms with Gasteiger partial charge in [0.2, 0.25) is 0 Å². The van der Waals surface area contributed by atoms with Crippen molar-refractivity contribution in [2.24, 2.45) is 17.8 Å². The van der Waals surface area contributed by atoms with Gasteiger partial charge in [0, 0.05) is 19.3 Å². The molecule has 67 heavy (non-hydrogen) atoms. The first-order valence-corrected chi connectivity index (χ1v) is 30.1. The highest BCUT2D eigenvalue weighted by atomic mass is 16.6. The van der Waals surface area contributed by atoms with Gasteiger partial charge in [-0.1, -0.05) is 298 Å². The van der Waals surface area contributed by atoms with E-state index in [-0.39, 0.29) is 31.1 Å². The van der Waals surface area contributed by atoms with Gasteiger partial charge >= 0.3 is 17.9 Å². The van der Waals surface area contributed by atoms with Crippen molar-refractivity contribution < 1.29 is 28.6 Å². The number of ether oxygens (including phenoxy) is 3. The van der Waals surface area contributed by atoms with E-state index >= 15 is 0 Å². The van der Waals surface area contributed by atoms with Gasteiger partial charge in [-0.05, 0) is 37.0 Å². The maximum absolute atomic E-state index is 12.9. The lowest BCUT2D eigenvalue weighted by Crippen LogP contribution is -2.30. The minimum Gasteiger partial charge on any atom is -0.462 e. The van der Waals surface area contributed by atoms with Crippen molar-refractivity contribution in [1.29, 1.82) is 0 Å². The molecule has 0 aromatic heterocycles. The Bertz CT molecular complexity index is 1040. The van der Waals surface area contributed by atoms with E-state index in [1.807, 2.05) is 0 Å². The first-order chi connectivity index (χ1) is 32.6. The molecular formula is C61H118O6. The maximum atomic E-state index is 12.9. The third-order valence-corrected chi connectivity index (χ3v) is 13.9. The molecule has 0 rings (SSSR count). The highest BCUT2D eigenvalue weighted by Crippen LogP contribution is 2.19. The molecule has 0 aliphatic heterocycles. The second-order valence-electron chi connectivity index (χ2n) is 22.4. The molecule has 0 aliphatic carbocycles. The van der Waals surface area contributed by atoms with Gasteiger partial charge in [-0.2, -0.15) is 0 Å². The number of unbranched alkanes of at least 4 members (excludes halogenated alkanes) is 37. The van der Waals surface area contributed by atoms with Crippen LogP contribution in [0.4, 0.5) is 0 Å². The van der Waals surface area contributed by atoms with Crippen molar-refractivity contribution in [3.63, 3.8) is 0 Å². The van der Waals surface area contributed by atoms with Gasteiger partial charge in [0.05, 0.1) is 0 Å². The van der Waals surface area contributed by atoms with Gasteiger partial charge in [-0.15, -0.1) is 0 Å². The van der Waals surface area contributed by atoms with Gasteiger partial charge in [0.1, 0.15) is 13.2 Å². The molecule has 0 spiro atoms. The van der Waals surface area contributed by atoms with E-state index in [2.05, 4.69) is 41.5 Å². The van der Waals surface area contributed by atoms with E-state index in [4.69, 9.17) is 14.2 Å². The molecule has 0 aromatic rings. The molecule has 1 atom stereocenters. The highest BCUT2D eigenvalue weighted by molar-refractivity contribution is 5.71. The predicted molar refractivity (Wildman–Crippen MR) is 289 cm³/mol. The zero-order valence-electron chi connectivity index (χ0n) is 46.2. The Labute approximate surface area is 418 Å². The topological polar surface area (TPSA) is 78.9 Å². The number of rotatable bonds is 54. The minimum atomic E-state index is -0.764. The summed E-state index contributed by atoms with van der Waals surface area (Å²) in [6.07, 6.45) is 55.2. The van der Waals surface area contributed by atoms with Crippen LogP contribution < -0.4 is 0 Å². The van der Waals surface area contributed by atoms with Crippen LogP contribution >= 0.6 is 0 Å².